The van der Waals surface area contributed by atoms with Crippen LogP contribution in [0.5, 0.6) is 5.75 Å². The number of hydrogen-bond donors (Lipinski definition) is 1. The summed E-state index contributed by atoms with van der Waals surface area (Å²) in [5.41, 5.74) is 3.25. The molecule has 0 aliphatic heterocycles. The number of carbonyl (C=O) groups excluding carboxylic acids is 2. The molecule has 0 fully saturated rings. The van der Waals surface area contributed by atoms with Crippen LogP contribution in [0, 0.1) is 0 Å². The fourth-order valence-corrected chi connectivity index (χ4v) is 2.90. The van der Waals surface area contributed by atoms with Gasteiger partial charge in [-0.15, -0.1) is 0 Å². The number of pyridine rings is 1. The average Bonchev–Trinajstić information content (AvgIpc) is 3.22. The van der Waals surface area contributed by atoms with Crippen molar-refractivity contribution in [1.29, 1.82) is 0 Å². The molecule has 9 heteroatoms. The van der Waals surface area contributed by atoms with Gasteiger partial charge in [-0.1, -0.05) is 15.9 Å². The summed E-state index contributed by atoms with van der Waals surface area (Å²) in [5.74, 6) is -0.193. The summed E-state index contributed by atoms with van der Waals surface area (Å²) in [6.07, 6.45) is 8.64. The third-order valence-electron chi connectivity index (χ3n) is 3.45. The lowest BCUT2D eigenvalue weighted by molar-refractivity contribution is -0.128. The summed E-state index contributed by atoms with van der Waals surface area (Å²) in [7, 11) is 0. The number of carbonyl (C=O) groups is 2. The number of ether oxygens (including phenoxy) is 1. The number of nitrogens with one attached hydrogen (secondary N) is 1. The molecule has 2 heterocycles. The molecule has 0 aliphatic carbocycles. The summed E-state index contributed by atoms with van der Waals surface area (Å²) in [6.45, 7) is 0. The molecule has 29 heavy (non-hydrogen) atoms. The minimum atomic E-state index is -0.581. The van der Waals surface area contributed by atoms with Crippen LogP contribution in [0.25, 0.3) is 6.08 Å². The van der Waals surface area contributed by atoms with Gasteiger partial charge in [-0.3, -0.25) is 9.78 Å². The molecule has 0 atom stereocenters. The molecule has 1 N–H and O–H groups in total. The van der Waals surface area contributed by atoms with Crippen LogP contribution in [0.1, 0.15) is 21.7 Å². The van der Waals surface area contributed by atoms with Crippen molar-refractivity contribution in [3.8, 4) is 5.75 Å². The Morgan fingerprint density at radius 2 is 2.00 bits per heavy atom. The predicted octanol–water partition coefficient (Wildman–Crippen LogP) is 4.58. The van der Waals surface area contributed by atoms with Crippen molar-refractivity contribution >= 4 is 56.0 Å². The van der Waals surface area contributed by atoms with E-state index in [0.717, 1.165) is 4.47 Å². The quantitative estimate of drug-likeness (QED) is 0.169. The summed E-state index contributed by atoms with van der Waals surface area (Å²) in [6, 6.07) is 10.1. The van der Waals surface area contributed by atoms with Gasteiger partial charge in [-0.2, -0.15) is 5.10 Å². The van der Waals surface area contributed by atoms with Crippen molar-refractivity contribution < 1.29 is 18.7 Å². The van der Waals surface area contributed by atoms with E-state index in [1.165, 1.54) is 30.8 Å². The predicted molar refractivity (Wildman–Crippen MR) is 115 cm³/mol. The van der Waals surface area contributed by atoms with Crippen LogP contribution in [0.2, 0.25) is 0 Å². The van der Waals surface area contributed by atoms with Crippen molar-refractivity contribution in [3.05, 3.63) is 87.0 Å². The molecule has 0 saturated heterocycles. The molecule has 0 unspecified atom stereocenters. The SMILES string of the molecule is O=C(/C=C/c1ccco1)Oc1ccc(Br)cc1C=NNC(=O)c1cncc(Br)c1. The normalized spacial score (nSPS) is 11.1. The summed E-state index contributed by atoms with van der Waals surface area (Å²) < 4.78 is 11.9. The Kier molecular flexibility index (Phi) is 7.09. The fraction of sp³-hybridized carbons (Fsp3) is 0. The van der Waals surface area contributed by atoms with Crippen molar-refractivity contribution in [2.75, 3.05) is 0 Å². The van der Waals surface area contributed by atoms with Gasteiger partial charge in [0.25, 0.3) is 5.91 Å². The zero-order chi connectivity index (χ0) is 20.6. The zero-order valence-electron chi connectivity index (χ0n) is 14.7. The molecule has 0 saturated carbocycles. The van der Waals surface area contributed by atoms with Crippen molar-refractivity contribution in [3.63, 3.8) is 0 Å². The molecule has 146 valence electrons. The van der Waals surface area contributed by atoms with Gasteiger partial charge in [-0.25, -0.2) is 10.2 Å². The third kappa shape index (κ3) is 6.23. The maximum atomic E-state index is 12.1. The van der Waals surface area contributed by atoms with E-state index in [2.05, 4.69) is 47.4 Å². The summed E-state index contributed by atoms with van der Waals surface area (Å²) >= 11 is 6.61. The molecule has 0 spiro atoms. The van der Waals surface area contributed by atoms with Gasteiger partial charge in [0.05, 0.1) is 18.0 Å². The van der Waals surface area contributed by atoms with E-state index in [0.29, 0.717) is 21.4 Å². The first-order chi connectivity index (χ1) is 14.0. The number of benzene rings is 1. The molecule has 0 bridgehead atoms. The molecule has 3 aromatic rings. The monoisotopic (exact) mass is 517 g/mol. The zero-order valence-corrected chi connectivity index (χ0v) is 17.9. The maximum absolute atomic E-state index is 12.1. The molecule has 1 amide bonds. The van der Waals surface area contributed by atoms with E-state index < -0.39 is 11.9 Å². The van der Waals surface area contributed by atoms with Crippen LogP contribution in [-0.2, 0) is 4.79 Å². The lowest BCUT2D eigenvalue weighted by Gasteiger charge is -2.06. The average molecular weight is 519 g/mol. The molecule has 0 radical (unpaired) electrons. The van der Waals surface area contributed by atoms with Crippen molar-refractivity contribution in [2.24, 2.45) is 5.10 Å². The van der Waals surface area contributed by atoms with Gasteiger partial charge < -0.3 is 9.15 Å². The largest absolute Gasteiger partial charge is 0.465 e. The Morgan fingerprint density at radius 1 is 1.14 bits per heavy atom. The van der Waals surface area contributed by atoms with Gasteiger partial charge in [0, 0.05) is 33.0 Å². The number of hydrazone groups is 1. The standard InChI is InChI=1S/C20H13Br2N3O4/c21-15-3-5-18(29-19(26)6-4-17-2-1-7-28-17)13(8-15)11-24-25-20(27)14-9-16(22)12-23-10-14/h1-12H,(H,25,27)/b6-4+,24-11?. The highest BCUT2D eigenvalue weighted by atomic mass is 79.9. The van der Waals surface area contributed by atoms with Crippen LogP contribution in [0.15, 0.2) is 79.6 Å². The number of nitrogens with zero attached hydrogens (tertiary/aromatic N) is 2. The van der Waals surface area contributed by atoms with Crippen LogP contribution in [0.3, 0.4) is 0 Å². The summed E-state index contributed by atoms with van der Waals surface area (Å²) in [5, 5.41) is 3.93. The Balaban J connectivity index is 1.68. The van der Waals surface area contributed by atoms with Crippen LogP contribution < -0.4 is 10.2 Å². The second-order valence-corrected chi connectivity index (χ2v) is 7.37. The molecule has 1 aromatic carbocycles. The number of furan rings is 1. The van der Waals surface area contributed by atoms with Gasteiger partial charge >= 0.3 is 5.97 Å². The van der Waals surface area contributed by atoms with Crippen LogP contribution >= 0.6 is 31.9 Å². The highest BCUT2D eigenvalue weighted by Gasteiger charge is 2.08. The van der Waals surface area contributed by atoms with Crippen LogP contribution in [0.4, 0.5) is 0 Å². The highest BCUT2D eigenvalue weighted by Crippen LogP contribution is 2.22. The van der Waals surface area contributed by atoms with Gasteiger partial charge in [0.15, 0.2) is 0 Å². The first kappa shape index (κ1) is 20.7. The second kappa shape index (κ2) is 9.94. The molecule has 7 nitrogen and oxygen atoms in total. The van der Waals surface area contributed by atoms with Gasteiger partial charge in [-0.05, 0) is 58.4 Å². The fourth-order valence-electron chi connectivity index (χ4n) is 2.15. The van der Waals surface area contributed by atoms with Gasteiger partial charge in [0.1, 0.15) is 11.5 Å². The second-order valence-electron chi connectivity index (χ2n) is 5.54. The molecule has 2 aromatic heterocycles. The van der Waals surface area contributed by atoms with E-state index in [1.54, 1.807) is 42.6 Å². The first-order valence-corrected chi connectivity index (χ1v) is 9.77. The summed E-state index contributed by atoms with van der Waals surface area (Å²) in [4.78, 5) is 28.1. The van der Waals surface area contributed by atoms with E-state index in [9.17, 15) is 9.59 Å². The number of esters is 1. The molecule has 0 aliphatic rings. The Hall–Kier alpha value is -3.04. The minimum absolute atomic E-state index is 0.282. The highest BCUT2D eigenvalue weighted by molar-refractivity contribution is 9.10. The Labute approximate surface area is 182 Å². The number of amides is 1. The number of aromatic nitrogens is 1. The third-order valence-corrected chi connectivity index (χ3v) is 4.37. The van der Waals surface area contributed by atoms with Crippen LogP contribution in [-0.4, -0.2) is 23.1 Å². The smallest absolute Gasteiger partial charge is 0.336 e. The van der Waals surface area contributed by atoms with Crippen molar-refractivity contribution in [1.82, 2.24) is 10.4 Å². The molecular weight excluding hydrogens is 506 g/mol. The minimum Gasteiger partial charge on any atom is -0.465 e. The number of rotatable bonds is 6. The maximum Gasteiger partial charge on any atom is 0.336 e. The van der Waals surface area contributed by atoms with Crippen molar-refractivity contribution in [2.45, 2.75) is 0 Å². The van der Waals surface area contributed by atoms with E-state index >= 15 is 0 Å². The van der Waals surface area contributed by atoms with E-state index in [1.807, 2.05) is 0 Å². The number of halogens is 2. The van der Waals surface area contributed by atoms with E-state index in [4.69, 9.17) is 9.15 Å². The lowest BCUT2D eigenvalue weighted by atomic mass is 10.2. The lowest BCUT2D eigenvalue weighted by Crippen LogP contribution is -2.18. The molecule has 3 rings (SSSR count). The number of hydrogen-bond acceptors (Lipinski definition) is 6. The van der Waals surface area contributed by atoms with E-state index in [-0.39, 0.29) is 5.75 Å². The Bertz CT molecular complexity index is 1080. The Morgan fingerprint density at radius 3 is 2.76 bits per heavy atom. The first-order valence-electron chi connectivity index (χ1n) is 8.18. The molecular formula is C20H13Br2N3O4. The van der Waals surface area contributed by atoms with Gasteiger partial charge in [0.2, 0.25) is 0 Å². The topological polar surface area (TPSA) is 93.8 Å².